The fourth-order valence-corrected chi connectivity index (χ4v) is 2.00. The molecule has 0 saturated heterocycles. The van der Waals surface area contributed by atoms with Gasteiger partial charge in [-0.25, -0.2) is 0 Å². The Balaban J connectivity index is 3.97. The Morgan fingerprint density at radius 3 is 2.20 bits per heavy atom. The number of hydrogen-bond acceptors (Lipinski definition) is 4. The van der Waals surface area contributed by atoms with E-state index < -0.39 is 5.41 Å². The molecule has 118 valence electrons. The van der Waals surface area contributed by atoms with Crippen LogP contribution in [-0.4, -0.2) is 30.1 Å². The number of esters is 1. The van der Waals surface area contributed by atoms with Gasteiger partial charge in [0, 0.05) is 19.4 Å². The number of carbonyl (C=O) groups is 2. The lowest BCUT2D eigenvalue weighted by Gasteiger charge is -2.22. The van der Waals surface area contributed by atoms with Crippen molar-refractivity contribution in [3.8, 4) is 0 Å². The van der Waals surface area contributed by atoms with Crippen molar-refractivity contribution >= 4 is 11.8 Å². The van der Waals surface area contributed by atoms with E-state index in [2.05, 4.69) is 0 Å². The predicted octanol–water partition coefficient (Wildman–Crippen LogP) is 3.11. The van der Waals surface area contributed by atoms with Gasteiger partial charge in [0.05, 0.1) is 12.0 Å². The SMILES string of the molecule is CCOC(=O)C(C)(C)CCCCC(=O)CC(C)(C)CO. The van der Waals surface area contributed by atoms with E-state index >= 15 is 0 Å². The molecule has 0 unspecified atom stereocenters. The van der Waals surface area contributed by atoms with Gasteiger partial charge in [0.15, 0.2) is 0 Å². The molecule has 0 radical (unpaired) electrons. The van der Waals surface area contributed by atoms with Crippen LogP contribution in [0.15, 0.2) is 0 Å². The van der Waals surface area contributed by atoms with E-state index in [1.807, 2.05) is 27.7 Å². The number of unbranched alkanes of at least 4 members (excludes halogenated alkanes) is 1. The number of aliphatic hydroxyl groups excluding tert-OH is 1. The second-order valence-electron chi connectivity index (χ2n) is 6.85. The maximum atomic E-state index is 11.8. The lowest BCUT2D eigenvalue weighted by Crippen LogP contribution is -2.26. The summed E-state index contributed by atoms with van der Waals surface area (Å²) in [6.45, 7) is 9.74. The number of aliphatic hydroxyl groups is 1. The Bertz CT molecular complexity index is 318. The second kappa shape index (κ2) is 8.40. The van der Waals surface area contributed by atoms with Gasteiger partial charge in [0.2, 0.25) is 0 Å². The van der Waals surface area contributed by atoms with Crippen molar-refractivity contribution in [3.63, 3.8) is 0 Å². The van der Waals surface area contributed by atoms with Gasteiger partial charge in [0.1, 0.15) is 5.78 Å². The molecule has 0 bridgehead atoms. The van der Waals surface area contributed by atoms with Gasteiger partial charge in [0.25, 0.3) is 0 Å². The van der Waals surface area contributed by atoms with Crippen molar-refractivity contribution in [3.05, 3.63) is 0 Å². The van der Waals surface area contributed by atoms with E-state index in [9.17, 15) is 9.59 Å². The molecule has 20 heavy (non-hydrogen) atoms. The predicted molar refractivity (Wildman–Crippen MR) is 79.4 cm³/mol. The Kier molecular flexibility index (Phi) is 8.02. The van der Waals surface area contributed by atoms with Crippen LogP contribution in [0.3, 0.4) is 0 Å². The number of carbonyl (C=O) groups excluding carboxylic acids is 2. The molecule has 0 aliphatic rings. The van der Waals surface area contributed by atoms with Gasteiger partial charge < -0.3 is 9.84 Å². The minimum absolute atomic E-state index is 0.0224. The molecule has 0 aliphatic carbocycles. The standard InChI is InChI=1S/C16H30O4/c1-6-20-14(19)16(4,5)10-8-7-9-13(18)11-15(2,3)12-17/h17H,6-12H2,1-5H3. The monoisotopic (exact) mass is 286 g/mol. The average molecular weight is 286 g/mol. The van der Waals surface area contributed by atoms with Crippen LogP contribution in [0, 0.1) is 10.8 Å². The highest BCUT2D eigenvalue weighted by molar-refractivity contribution is 5.79. The first-order valence-corrected chi connectivity index (χ1v) is 7.44. The summed E-state index contributed by atoms with van der Waals surface area (Å²) in [4.78, 5) is 23.5. The van der Waals surface area contributed by atoms with Gasteiger partial charge in [-0.3, -0.25) is 9.59 Å². The molecule has 1 N–H and O–H groups in total. The van der Waals surface area contributed by atoms with Crippen LogP contribution < -0.4 is 0 Å². The Labute approximate surface area is 122 Å². The van der Waals surface area contributed by atoms with E-state index in [0.29, 0.717) is 19.4 Å². The number of ether oxygens (including phenoxy) is 1. The first-order chi connectivity index (χ1) is 9.14. The van der Waals surface area contributed by atoms with E-state index in [1.54, 1.807) is 6.92 Å². The number of ketones is 1. The lowest BCUT2D eigenvalue weighted by molar-refractivity contribution is -0.153. The van der Waals surface area contributed by atoms with Gasteiger partial charge in [-0.1, -0.05) is 20.3 Å². The zero-order valence-electron chi connectivity index (χ0n) is 13.6. The highest BCUT2D eigenvalue weighted by Gasteiger charge is 2.28. The molecule has 0 rings (SSSR count). The maximum absolute atomic E-state index is 11.8. The molecule has 0 spiro atoms. The Morgan fingerprint density at radius 1 is 1.10 bits per heavy atom. The summed E-state index contributed by atoms with van der Waals surface area (Å²) in [5.74, 6) is 0.00531. The van der Waals surface area contributed by atoms with Crippen molar-refractivity contribution in [2.45, 2.75) is 66.7 Å². The van der Waals surface area contributed by atoms with E-state index in [4.69, 9.17) is 9.84 Å². The number of rotatable bonds is 10. The number of hydrogen-bond donors (Lipinski definition) is 1. The topological polar surface area (TPSA) is 63.6 Å². The van der Waals surface area contributed by atoms with Gasteiger partial charge in [-0.15, -0.1) is 0 Å². The maximum Gasteiger partial charge on any atom is 0.311 e. The van der Waals surface area contributed by atoms with Crippen LogP contribution in [0.1, 0.15) is 66.7 Å². The van der Waals surface area contributed by atoms with Gasteiger partial charge in [-0.05, 0) is 39.0 Å². The van der Waals surface area contributed by atoms with Crippen LogP contribution in [0.5, 0.6) is 0 Å². The quantitative estimate of drug-likeness (QED) is 0.495. The molecule has 0 atom stereocenters. The highest BCUT2D eigenvalue weighted by Crippen LogP contribution is 2.26. The summed E-state index contributed by atoms with van der Waals surface area (Å²) in [6, 6.07) is 0. The van der Waals surface area contributed by atoms with E-state index in [0.717, 1.165) is 19.3 Å². The molecule has 0 fully saturated rings. The summed E-state index contributed by atoms with van der Waals surface area (Å²) in [5, 5.41) is 9.13. The van der Waals surface area contributed by atoms with E-state index in [-0.39, 0.29) is 23.8 Å². The summed E-state index contributed by atoms with van der Waals surface area (Å²) >= 11 is 0. The zero-order chi connectivity index (χ0) is 15.8. The van der Waals surface area contributed by atoms with Crippen molar-refractivity contribution in [2.24, 2.45) is 10.8 Å². The third kappa shape index (κ3) is 7.63. The van der Waals surface area contributed by atoms with Crippen molar-refractivity contribution < 1.29 is 19.4 Å². The fraction of sp³-hybridized carbons (Fsp3) is 0.875. The first-order valence-electron chi connectivity index (χ1n) is 7.44. The molecule has 4 nitrogen and oxygen atoms in total. The molecular weight excluding hydrogens is 256 g/mol. The zero-order valence-corrected chi connectivity index (χ0v) is 13.6. The summed E-state index contributed by atoms with van der Waals surface area (Å²) in [7, 11) is 0. The van der Waals surface area contributed by atoms with Gasteiger partial charge in [-0.2, -0.15) is 0 Å². The normalized spacial score (nSPS) is 12.3. The molecule has 0 heterocycles. The fourth-order valence-electron chi connectivity index (χ4n) is 2.00. The molecular formula is C16H30O4. The third-order valence-corrected chi connectivity index (χ3v) is 3.44. The summed E-state index contributed by atoms with van der Waals surface area (Å²) in [5.41, 5.74) is -0.815. The minimum Gasteiger partial charge on any atom is -0.466 e. The Morgan fingerprint density at radius 2 is 1.70 bits per heavy atom. The molecule has 4 heteroatoms. The first kappa shape index (κ1) is 19.1. The van der Waals surface area contributed by atoms with Crippen LogP contribution in [0.2, 0.25) is 0 Å². The number of Topliss-reactive ketones (excluding diaryl/α,β-unsaturated/α-hetero) is 1. The molecule has 0 aromatic rings. The molecule has 0 saturated carbocycles. The smallest absolute Gasteiger partial charge is 0.311 e. The molecule has 0 aromatic heterocycles. The summed E-state index contributed by atoms with van der Waals surface area (Å²) in [6.07, 6.45) is 3.26. The minimum atomic E-state index is -0.483. The van der Waals surface area contributed by atoms with Crippen molar-refractivity contribution in [2.75, 3.05) is 13.2 Å². The van der Waals surface area contributed by atoms with E-state index in [1.165, 1.54) is 0 Å². The third-order valence-electron chi connectivity index (χ3n) is 3.44. The molecule has 0 amide bonds. The van der Waals surface area contributed by atoms with Crippen LogP contribution >= 0.6 is 0 Å². The highest BCUT2D eigenvalue weighted by atomic mass is 16.5. The van der Waals surface area contributed by atoms with Crippen LogP contribution in [0.25, 0.3) is 0 Å². The van der Waals surface area contributed by atoms with Crippen molar-refractivity contribution in [1.82, 2.24) is 0 Å². The average Bonchev–Trinajstić information content (AvgIpc) is 2.34. The molecule has 0 aliphatic heterocycles. The largest absolute Gasteiger partial charge is 0.466 e. The van der Waals surface area contributed by atoms with Gasteiger partial charge >= 0.3 is 5.97 Å². The Hall–Kier alpha value is -0.900. The summed E-state index contributed by atoms with van der Waals surface area (Å²) < 4.78 is 5.03. The molecule has 0 aromatic carbocycles. The van der Waals surface area contributed by atoms with Crippen LogP contribution in [0.4, 0.5) is 0 Å². The van der Waals surface area contributed by atoms with Crippen LogP contribution in [-0.2, 0) is 14.3 Å². The second-order valence-corrected chi connectivity index (χ2v) is 6.85. The van der Waals surface area contributed by atoms with Crippen molar-refractivity contribution in [1.29, 1.82) is 0 Å². The lowest BCUT2D eigenvalue weighted by atomic mass is 9.85.